The van der Waals surface area contributed by atoms with E-state index < -0.39 is 0 Å². The molecule has 2 aliphatic rings. The average molecular weight is 198 g/mol. The van der Waals surface area contributed by atoms with Gasteiger partial charge in [0, 0.05) is 0 Å². The first-order chi connectivity index (χ1) is 6.29. The smallest absolute Gasteiger partial charge is 0.0204 e. The fourth-order valence-corrected chi connectivity index (χ4v) is 7.48. The molecule has 0 nitrogen and oxygen atoms in total. The fraction of sp³-hybridized carbons (Fsp3) is 1.00. The molecule has 1 heterocycles. The molecule has 2 unspecified atom stereocenters. The van der Waals surface area contributed by atoms with Gasteiger partial charge >= 0.3 is 0 Å². The third kappa shape index (κ3) is 2.09. The zero-order valence-electron chi connectivity index (χ0n) is 9.13. The van der Waals surface area contributed by atoms with Gasteiger partial charge in [-0.2, -0.15) is 0 Å². The van der Waals surface area contributed by atoms with Crippen LogP contribution in [0.5, 0.6) is 0 Å². The van der Waals surface area contributed by atoms with Crippen LogP contribution in [-0.2, 0) is 0 Å². The highest BCUT2D eigenvalue weighted by atomic mass is 31.1. The maximum absolute atomic E-state index is 2.52. The Bertz CT molecular complexity index is 151. The lowest BCUT2D eigenvalue weighted by Gasteiger charge is -2.33. The number of rotatable bonds is 1. The third-order valence-corrected chi connectivity index (χ3v) is 7.93. The van der Waals surface area contributed by atoms with Gasteiger partial charge in [0.15, 0.2) is 0 Å². The molecule has 2 rings (SSSR count). The highest BCUT2D eigenvalue weighted by molar-refractivity contribution is 7.60. The average Bonchev–Trinajstić information content (AvgIpc) is 2.48. The monoisotopic (exact) mass is 198 g/mol. The van der Waals surface area contributed by atoms with Crippen LogP contribution >= 0.6 is 7.92 Å². The molecule has 0 aromatic carbocycles. The summed E-state index contributed by atoms with van der Waals surface area (Å²) in [6.45, 7) is 5.04. The predicted molar refractivity (Wildman–Crippen MR) is 62.0 cm³/mol. The zero-order valence-corrected chi connectivity index (χ0v) is 10.0. The summed E-state index contributed by atoms with van der Waals surface area (Å²) < 4.78 is 0. The minimum absolute atomic E-state index is 0.414. The molecule has 13 heavy (non-hydrogen) atoms. The van der Waals surface area contributed by atoms with Gasteiger partial charge < -0.3 is 0 Å². The van der Waals surface area contributed by atoms with E-state index in [1.807, 2.05) is 0 Å². The molecular weight excluding hydrogens is 175 g/mol. The van der Waals surface area contributed by atoms with Crippen molar-refractivity contribution in [2.45, 2.75) is 75.8 Å². The van der Waals surface area contributed by atoms with Crippen LogP contribution in [0.3, 0.4) is 0 Å². The Morgan fingerprint density at radius 1 is 0.769 bits per heavy atom. The number of hydrogen-bond donors (Lipinski definition) is 0. The van der Waals surface area contributed by atoms with Gasteiger partial charge in [-0.15, -0.1) is 0 Å². The molecule has 0 bridgehead atoms. The van der Waals surface area contributed by atoms with Gasteiger partial charge in [-0.05, 0) is 42.7 Å². The van der Waals surface area contributed by atoms with E-state index >= 15 is 0 Å². The van der Waals surface area contributed by atoms with Crippen molar-refractivity contribution >= 4 is 7.92 Å². The quantitative estimate of drug-likeness (QED) is 0.549. The van der Waals surface area contributed by atoms with E-state index in [4.69, 9.17) is 0 Å². The van der Waals surface area contributed by atoms with Gasteiger partial charge in [0.2, 0.25) is 0 Å². The van der Waals surface area contributed by atoms with E-state index in [9.17, 15) is 0 Å². The first kappa shape index (κ1) is 9.97. The molecule has 1 saturated carbocycles. The van der Waals surface area contributed by atoms with E-state index in [0.29, 0.717) is 7.92 Å². The van der Waals surface area contributed by atoms with E-state index in [1.165, 1.54) is 32.1 Å². The standard InChI is InChI=1S/C12H23P/c1-10-8-9-11(2)13(10)12-6-4-3-5-7-12/h10-12H,3-9H2,1-2H3. The Labute approximate surface area is 84.2 Å². The summed E-state index contributed by atoms with van der Waals surface area (Å²) in [4.78, 5) is 0. The molecule has 76 valence electrons. The Morgan fingerprint density at radius 3 is 1.85 bits per heavy atom. The molecule has 1 heteroatoms. The summed E-state index contributed by atoms with van der Waals surface area (Å²) in [5, 5.41) is 0. The summed E-state index contributed by atoms with van der Waals surface area (Å²) in [6, 6.07) is 0. The topological polar surface area (TPSA) is 0 Å². The molecule has 1 aliphatic carbocycles. The Kier molecular flexibility index (Phi) is 3.30. The minimum Gasteiger partial charge on any atom is -0.0977 e. The summed E-state index contributed by atoms with van der Waals surface area (Å²) in [6.07, 6.45) is 10.8. The molecular formula is C12H23P. The van der Waals surface area contributed by atoms with Gasteiger partial charge in [0.05, 0.1) is 0 Å². The van der Waals surface area contributed by atoms with Crippen LogP contribution < -0.4 is 0 Å². The highest BCUT2D eigenvalue weighted by Gasteiger charge is 2.35. The highest BCUT2D eigenvalue weighted by Crippen LogP contribution is 2.61. The molecule has 0 spiro atoms. The molecule has 1 aliphatic heterocycles. The van der Waals surface area contributed by atoms with Gasteiger partial charge in [0.1, 0.15) is 0 Å². The van der Waals surface area contributed by atoms with Gasteiger partial charge in [0.25, 0.3) is 0 Å². The number of hydrogen-bond acceptors (Lipinski definition) is 0. The van der Waals surface area contributed by atoms with Crippen LogP contribution in [-0.4, -0.2) is 17.0 Å². The molecule has 0 radical (unpaired) electrons. The minimum atomic E-state index is 0.414. The van der Waals surface area contributed by atoms with E-state index in [-0.39, 0.29) is 0 Å². The molecule has 0 amide bonds. The SMILES string of the molecule is CC1CCC(C)P1C1CCCCC1. The van der Waals surface area contributed by atoms with Crippen molar-refractivity contribution in [3.63, 3.8) is 0 Å². The van der Waals surface area contributed by atoms with Crippen LogP contribution in [0.15, 0.2) is 0 Å². The second-order valence-electron chi connectivity index (χ2n) is 5.01. The molecule has 1 saturated heterocycles. The van der Waals surface area contributed by atoms with Crippen molar-refractivity contribution in [1.29, 1.82) is 0 Å². The predicted octanol–water partition coefficient (Wildman–Crippen LogP) is 4.37. The first-order valence-corrected chi connectivity index (χ1v) is 7.61. The summed E-state index contributed by atoms with van der Waals surface area (Å²) >= 11 is 0. The van der Waals surface area contributed by atoms with Gasteiger partial charge in [-0.25, -0.2) is 0 Å². The van der Waals surface area contributed by atoms with Crippen molar-refractivity contribution < 1.29 is 0 Å². The molecule has 2 atom stereocenters. The maximum atomic E-state index is 2.52. The fourth-order valence-electron chi connectivity index (χ4n) is 3.31. The lowest BCUT2D eigenvalue weighted by Crippen LogP contribution is -2.16. The summed E-state index contributed by atoms with van der Waals surface area (Å²) in [5.41, 5.74) is 3.34. The van der Waals surface area contributed by atoms with Crippen molar-refractivity contribution in [1.82, 2.24) is 0 Å². The largest absolute Gasteiger partial charge is 0.0977 e. The second kappa shape index (κ2) is 4.30. The van der Waals surface area contributed by atoms with Crippen molar-refractivity contribution in [3.05, 3.63) is 0 Å². The lowest BCUT2D eigenvalue weighted by molar-refractivity contribution is 0.508. The second-order valence-corrected chi connectivity index (χ2v) is 8.40. The molecule has 0 N–H and O–H groups in total. The van der Waals surface area contributed by atoms with Crippen LogP contribution in [0.2, 0.25) is 0 Å². The zero-order chi connectivity index (χ0) is 9.26. The first-order valence-electron chi connectivity index (χ1n) is 6.06. The molecule has 2 fully saturated rings. The molecule has 0 aromatic rings. The van der Waals surface area contributed by atoms with E-state index in [1.54, 1.807) is 12.8 Å². The molecule has 0 aromatic heterocycles. The van der Waals surface area contributed by atoms with Crippen molar-refractivity contribution in [2.75, 3.05) is 0 Å². The maximum Gasteiger partial charge on any atom is -0.0204 e. The van der Waals surface area contributed by atoms with Crippen LogP contribution in [0.1, 0.15) is 58.8 Å². The Hall–Kier alpha value is 0.430. The Balaban J connectivity index is 1.96. The van der Waals surface area contributed by atoms with E-state index in [0.717, 1.165) is 17.0 Å². The van der Waals surface area contributed by atoms with Crippen molar-refractivity contribution in [3.8, 4) is 0 Å². The summed E-state index contributed by atoms with van der Waals surface area (Å²) in [7, 11) is 0.414. The van der Waals surface area contributed by atoms with Crippen LogP contribution in [0.4, 0.5) is 0 Å². The summed E-state index contributed by atoms with van der Waals surface area (Å²) in [5.74, 6) is 0. The van der Waals surface area contributed by atoms with Crippen LogP contribution in [0.25, 0.3) is 0 Å². The van der Waals surface area contributed by atoms with E-state index in [2.05, 4.69) is 13.8 Å². The normalized spacial score (nSPS) is 42.5. The van der Waals surface area contributed by atoms with Gasteiger partial charge in [-0.1, -0.05) is 41.0 Å². The Morgan fingerprint density at radius 2 is 1.31 bits per heavy atom. The van der Waals surface area contributed by atoms with Gasteiger partial charge in [-0.3, -0.25) is 0 Å². The third-order valence-electron chi connectivity index (χ3n) is 4.02. The van der Waals surface area contributed by atoms with Crippen LogP contribution in [0, 0.1) is 0 Å². The van der Waals surface area contributed by atoms with Crippen molar-refractivity contribution in [2.24, 2.45) is 0 Å². The lowest BCUT2D eigenvalue weighted by atomic mass is 10.0.